The molecule has 1 aliphatic rings. The Bertz CT molecular complexity index is 1120. The summed E-state index contributed by atoms with van der Waals surface area (Å²) in [6.07, 6.45) is 37.3. The quantitative estimate of drug-likeness (QED) is 0.0695. The first kappa shape index (κ1) is 37.6. The minimum atomic E-state index is 0.632. The van der Waals surface area contributed by atoms with E-state index in [-0.39, 0.29) is 0 Å². The van der Waals surface area contributed by atoms with Gasteiger partial charge in [0, 0.05) is 5.92 Å². The van der Waals surface area contributed by atoms with Crippen LogP contribution < -0.4 is 0 Å². The maximum Gasteiger partial charge on any atom is 0.00636 e. The van der Waals surface area contributed by atoms with Gasteiger partial charge in [0.2, 0.25) is 0 Å². The molecule has 0 amide bonds. The predicted octanol–water partition coefficient (Wildman–Crippen LogP) is 15.6. The van der Waals surface area contributed by atoms with Crippen LogP contribution in [0.5, 0.6) is 0 Å². The number of fused-ring (bicyclic) bond motifs is 3. The minimum Gasteiger partial charge on any atom is -0.0999 e. The maximum absolute atomic E-state index is 4.47. The van der Waals surface area contributed by atoms with Crippen molar-refractivity contribution < 1.29 is 0 Å². The summed E-state index contributed by atoms with van der Waals surface area (Å²) in [7, 11) is 0. The van der Waals surface area contributed by atoms with Crippen molar-refractivity contribution in [2.45, 2.75) is 194 Å². The smallest absolute Gasteiger partial charge is 0.00636 e. The molecule has 0 nitrogen and oxygen atoms in total. The van der Waals surface area contributed by atoms with Crippen LogP contribution in [-0.2, 0) is 0 Å². The summed E-state index contributed by atoms with van der Waals surface area (Å²) in [5.41, 5.74) is 7.84. The van der Waals surface area contributed by atoms with Gasteiger partial charge in [-0.3, -0.25) is 0 Å². The average Bonchev–Trinajstić information content (AvgIpc) is 3.40. The lowest BCUT2D eigenvalue weighted by molar-refractivity contribution is 0.469. The lowest BCUT2D eigenvalue weighted by Gasteiger charge is -2.20. The normalized spacial score (nSPS) is 15.0. The van der Waals surface area contributed by atoms with Crippen molar-refractivity contribution >= 4 is 16.8 Å². The van der Waals surface area contributed by atoms with Gasteiger partial charge >= 0.3 is 0 Å². The van der Waals surface area contributed by atoms with Gasteiger partial charge < -0.3 is 0 Å². The van der Waals surface area contributed by atoms with Crippen LogP contribution in [0.3, 0.4) is 0 Å². The zero-order valence-electron chi connectivity index (χ0n) is 30.5. The molecule has 0 saturated heterocycles. The van der Waals surface area contributed by atoms with E-state index in [4.69, 9.17) is 0 Å². The second kappa shape index (κ2) is 22.7. The van der Waals surface area contributed by atoms with Crippen LogP contribution in [0.25, 0.3) is 16.8 Å². The van der Waals surface area contributed by atoms with Crippen molar-refractivity contribution in [1.29, 1.82) is 0 Å². The molecule has 252 valence electrons. The van der Waals surface area contributed by atoms with Crippen LogP contribution >= 0.6 is 0 Å². The number of hydrogen-bond acceptors (Lipinski definition) is 0. The fourth-order valence-corrected chi connectivity index (χ4v) is 7.99. The van der Waals surface area contributed by atoms with Crippen LogP contribution in [-0.4, -0.2) is 0 Å². The van der Waals surface area contributed by atoms with E-state index in [1.165, 1.54) is 188 Å². The third kappa shape index (κ3) is 13.8. The molecule has 0 heterocycles. The van der Waals surface area contributed by atoms with Gasteiger partial charge in [0.1, 0.15) is 0 Å². The van der Waals surface area contributed by atoms with E-state index in [0.29, 0.717) is 5.92 Å². The minimum absolute atomic E-state index is 0.632. The van der Waals surface area contributed by atoms with Crippen LogP contribution in [0.2, 0.25) is 0 Å². The van der Waals surface area contributed by atoms with Crippen molar-refractivity contribution in [3.05, 3.63) is 64.7 Å². The standard InChI is InChI=1S/C45H72/c1-6-8-10-11-12-13-14-15-16-17-18-20-23-28-37(3)34-38(4)29-24-21-19-22-25-32-43-41(30-9-7-2)36-44-39(5)35-40-31-26-27-33-42(40)45(43)44/h26-27,31,33,35-37,43H,4,6-25,28-30,32,34H2,1-3,5H3. The summed E-state index contributed by atoms with van der Waals surface area (Å²) in [6.45, 7) is 13.9. The lowest BCUT2D eigenvalue weighted by atomic mass is 9.84. The number of aryl methyl sites for hydroxylation is 1. The Kier molecular flexibility index (Phi) is 19.0. The average molecular weight is 613 g/mol. The van der Waals surface area contributed by atoms with E-state index < -0.39 is 0 Å². The summed E-state index contributed by atoms with van der Waals surface area (Å²) >= 11 is 0. The van der Waals surface area contributed by atoms with Crippen molar-refractivity contribution in [1.82, 2.24) is 0 Å². The number of hydrogen-bond donors (Lipinski definition) is 0. The van der Waals surface area contributed by atoms with Gasteiger partial charge in [-0.05, 0) is 78.8 Å². The van der Waals surface area contributed by atoms with E-state index in [2.05, 4.69) is 70.7 Å². The molecule has 0 radical (unpaired) electrons. The second-order valence-corrected chi connectivity index (χ2v) is 15.0. The van der Waals surface area contributed by atoms with Gasteiger partial charge in [0.05, 0.1) is 0 Å². The van der Waals surface area contributed by atoms with Gasteiger partial charge in [0.15, 0.2) is 0 Å². The Morgan fingerprint density at radius 1 is 0.711 bits per heavy atom. The van der Waals surface area contributed by atoms with Crippen molar-refractivity contribution in [3.8, 4) is 0 Å². The molecule has 2 unspecified atom stereocenters. The number of rotatable bonds is 27. The molecule has 0 bridgehead atoms. The first-order valence-corrected chi connectivity index (χ1v) is 19.9. The van der Waals surface area contributed by atoms with Crippen LogP contribution in [0, 0.1) is 12.8 Å². The van der Waals surface area contributed by atoms with E-state index in [0.717, 1.165) is 5.92 Å². The lowest BCUT2D eigenvalue weighted by Crippen LogP contribution is -2.02. The fraction of sp³-hybridized carbons (Fsp3) is 0.689. The number of allylic oxidation sites excluding steroid dienone is 2. The summed E-state index contributed by atoms with van der Waals surface area (Å²) in [4.78, 5) is 0. The highest BCUT2D eigenvalue weighted by molar-refractivity contribution is 5.93. The van der Waals surface area contributed by atoms with Crippen molar-refractivity contribution in [2.75, 3.05) is 0 Å². The van der Waals surface area contributed by atoms with Gasteiger partial charge in [-0.25, -0.2) is 0 Å². The van der Waals surface area contributed by atoms with Gasteiger partial charge in [-0.1, -0.05) is 197 Å². The van der Waals surface area contributed by atoms with Gasteiger partial charge in [0.25, 0.3) is 0 Å². The summed E-state index contributed by atoms with van der Waals surface area (Å²) in [6, 6.07) is 11.5. The molecular weight excluding hydrogens is 540 g/mol. The molecule has 0 aliphatic heterocycles. The molecule has 0 fully saturated rings. The van der Waals surface area contributed by atoms with Gasteiger partial charge in [-0.2, -0.15) is 0 Å². The molecule has 0 heteroatoms. The molecule has 45 heavy (non-hydrogen) atoms. The highest BCUT2D eigenvalue weighted by atomic mass is 14.3. The van der Waals surface area contributed by atoms with Crippen LogP contribution in [0.1, 0.15) is 204 Å². The molecule has 1 aliphatic carbocycles. The Morgan fingerprint density at radius 3 is 1.96 bits per heavy atom. The number of benzene rings is 2. The summed E-state index contributed by atoms with van der Waals surface area (Å²) in [5.74, 6) is 1.45. The largest absolute Gasteiger partial charge is 0.0999 e. The van der Waals surface area contributed by atoms with E-state index >= 15 is 0 Å². The molecule has 2 atom stereocenters. The Hall–Kier alpha value is -1.82. The molecule has 0 saturated carbocycles. The van der Waals surface area contributed by atoms with Crippen LogP contribution in [0.4, 0.5) is 0 Å². The van der Waals surface area contributed by atoms with Gasteiger partial charge in [-0.15, -0.1) is 0 Å². The Labute approximate surface area is 281 Å². The third-order valence-electron chi connectivity index (χ3n) is 10.7. The van der Waals surface area contributed by atoms with E-state index in [1.807, 2.05) is 0 Å². The maximum atomic E-state index is 4.47. The third-order valence-corrected chi connectivity index (χ3v) is 10.7. The molecule has 2 aromatic carbocycles. The van der Waals surface area contributed by atoms with Crippen molar-refractivity contribution in [3.63, 3.8) is 0 Å². The highest BCUT2D eigenvalue weighted by Gasteiger charge is 2.27. The van der Waals surface area contributed by atoms with Crippen LogP contribution in [0.15, 0.2) is 48.1 Å². The van der Waals surface area contributed by atoms with Crippen molar-refractivity contribution in [2.24, 2.45) is 5.92 Å². The molecule has 0 N–H and O–H groups in total. The highest BCUT2D eigenvalue weighted by Crippen LogP contribution is 2.46. The Balaban J connectivity index is 1.22. The molecule has 0 spiro atoms. The Morgan fingerprint density at radius 2 is 1.29 bits per heavy atom. The zero-order valence-corrected chi connectivity index (χ0v) is 30.5. The topological polar surface area (TPSA) is 0 Å². The summed E-state index contributed by atoms with van der Waals surface area (Å²) in [5, 5.41) is 2.91. The first-order valence-electron chi connectivity index (χ1n) is 19.9. The van der Waals surface area contributed by atoms with E-state index in [9.17, 15) is 0 Å². The van der Waals surface area contributed by atoms with E-state index in [1.54, 1.807) is 11.1 Å². The number of unbranched alkanes of at least 4 members (excludes halogenated alkanes) is 17. The molecule has 2 aromatic rings. The summed E-state index contributed by atoms with van der Waals surface area (Å²) < 4.78 is 0. The molecule has 3 rings (SSSR count). The zero-order chi connectivity index (χ0) is 32.1. The molecule has 0 aromatic heterocycles. The second-order valence-electron chi connectivity index (χ2n) is 15.0. The molecular formula is C45H72. The fourth-order valence-electron chi connectivity index (χ4n) is 7.99. The first-order chi connectivity index (χ1) is 22.0. The SMILES string of the molecule is C=C(CCCCCCCC1C(CCCC)=Cc2c(C)cc3ccccc3c21)CC(C)CCCCCCCCCCCCCCC. The monoisotopic (exact) mass is 613 g/mol. The predicted molar refractivity (Wildman–Crippen MR) is 204 cm³/mol.